The summed E-state index contributed by atoms with van der Waals surface area (Å²) in [6.07, 6.45) is 0.766. The van der Waals surface area contributed by atoms with Crippen molar-refractivity contribution in [1.82, 2.24) is 0 Å². The summed E-state index contributed by atoms with van der Waals surface area (Å²) in [4.78, 5) is 0. The number of aliphatic hydroxyl groups is 1. The first-order valence-electron chi connectivity index (χ1n) is 7.45. The molecular weight excluding hydrogens is 258 g/mol. The maximum Gasteiger partial charge on any atom is 0.0543 e. The van der Waals surface area contributed by atoms with Gasteiger partial charge in [0.2, 0.25) is 0 Å². The van der Waals surface area contributed by atoms with Crippen molar-refractivity contribution < 1.29 is 5.11 Å². The van der Waals surface area contributed by atoms with Crippen LogP contribution in [0.15, 0.2) is 42.5 Å². The third-order valence-corrected chi connectivity index (χ3v) is 4.48. The molecule has 112 valence electrons. The van der Waals surface area contributed by atoms with Crippen LogP contribution in [0.25, 0.3) is 0 Å². The van der Waals surface area contributed by atoms with Gasteiger partial charge in [0.25, 0.3) is 0 Å². The molecule has 2 nitrogen and oxygen atoms in total. The zero-order valence-corrected chi connectivity index (χ0v) is 13.2. The molecule has 2 heteroatoms. The van der Waals surface area contributed by atoms with Crippen molar-refractivity contribution in [1.29, 1.82) is 0 Å². The predicted octanol–water partition coefficient (Wildman–Crippen LogP) is 3.04. The first-order chi connectivity index (χ1) is 10.0. The maximum atomic E-state index is 10.1. The summed E-state index contributed by atoms with van der Waals surface area (Å²) in [6.45, 7) is 6.80. The van der Waals surface area contributed by atoms with Gasteiger partial charge in [-0.3, -0.25) is 0 Å². The number of benzene rings is 2. The van der Waals surface area contributed by atoms with Crippen molar-refractivity contribution in [3.8, 4) is 0 Å². The summed E-state index contributed by atoms with van der Waals surface area (Å²) in [5.74, 6) is 0. The molecular formula is C19H25NO. The number of aliphatic hydroxyl groups excluding tert-OH is 1. The van der Waals surface area contributed by atoms with Crippen LogP contribution in [0.3, 0.4) is 0 Å². The fraction of sp³-hybridized carbons (Fsp3) is 0.368. The number of hydrogen-bond donors (Lipinski definition) is 2. The highest BCUT2D eigenvalue weighted by Crippen LogP contribution is 2.30. The van der Waals surface area contributed by atoms with Gasteiger partial charge in [0.15, 0.2) is 0 Å². The molecule has 2 aromatic carbocycles. The number of aryl methyl sites for hydroxylation is 3. The van der Waals surface area contributed by atoms with E-state index in [4.69, 9.17) is 5.73 Å². The fourth-order valence-electron chi connectivity index (χ4n) is 2.94. The zero-order chi connectivity index (χ0) is 15.5. The monoisotopic (exact) mass is 283 g/mol. The normalized spacial score (nSPS) is 14.0. The zero-order valence-electron chi connectivity index (χ0n) is 13.2. The molecule has 0 aliphatic rings. The summed E-state index contributed by atoms with van der Waals surface area (Å²) in [7, 11) is 0. The van der Waals surface area contributed by atoms with E-state index in [1.54, 1.807) is 0 Å². The smallest absolute Gasteiger partial charge is 0.0543 e. The Hall–Kier alpha value is -1.64. The summed E-state index contributed by atoms with van der Waals surface area (Å²) in [5, 5.41) is 10.1. The van der Waals surface area contributed by atoms with Gasteiger partial charge in [0.1, 0.15) is 0 Å². The van der Waals surface area contributed by atoms with Crippen LogP contribution in [0.1, 0.15) is 27.8 Å². The lowest BCUT2D eigenvalue weighted by Gasteiger charge is -2.33. The second-order valence-electron chi connectivity index (χ2n) is 6.06. The number of nitrogens with two attached hydrogens (primary N) is 1. The quantitative estimate of drug-likeness (QED) is 0.886. The van der Waals surface area contributed by atoms with Gasteiger partial charge < -0.3 is 10.8 Å². The molecule has 0 bridgehead atoms. The van der Waals surface area contributed by atoms with Crippen molar-refractivity contribution >= 4 is 0 Å². The molecule has 0 aromatic heterocycles. The lowest BCUT2D eigenvalue weighted by atomic mass is 9.74. The highest BCUT2D eigenvalue weighted by Gasteiger charge is 2.31. The van der Waals surface area contributed by atoms with Crippen molar-refractivity contribution in [2.45, 2.75) is 32.6 Å². The third kappa shape index (κ3) is 3.17. The van der Waals surface area contributed by atoms with E-state index in [-0.39, 0.29) is 6.61 Å². The molecule has 0 fully saturated rings. The van der Waals surface area contributed by atoms with Crippen LogP contribution in [0.2, 0.25) is 0 Å². The van der Waals surface area contributed by atoms with Crippen LogP contribution in [0.5, 0.6) is 0 Å². The number of hydrogen-bond acceptors (Lipinski definition) is 2. The number of rotatable bonds is 5. The first kappa shape index (κ1) is 15.7. The molecule has 2 aromatic rings. The van der Waals surface area contributed by atoms with Crippen LogP contribution < -0.4 is 5.73 Å². The Balaban J connectivity index is 2.48. The molecule has 0 radical (unpaired) electrons. The van der Waals surface area contributed by atoms with E-state index >= 15 is 0 Å². The van der Waals surface area contributed by atoms with Crippen LogP contribution in [-0.2, 0) is 11.8 Å². The molecule has 1 atom stereocenters. The molecule has 21 heavy (non-hydrogen) atoms. The fourth-order valence-corrected chi connectivity index (χ4v) is 2.94. The molecule has 0 saturated heterocycles. The van der Waals surface area contributed by atoms with Crippen molar-refractivity contribution in [2.75, 3.05) is 13.2 Å². The second kappa shape index (κ2) is 6.42. The van der Waals surface area contributed by atoms with Crippen molar-refractivity contribution in [3.63, 3.8) is 0 Å². The summed E-state index contributed by atoms with van der Waals surface area (Å²) < 4.78 is 0. The van der Waals surface area contributed by atoms with Gasteiger partial charge in [-0.15, -0.1) is 0 Å². The predicted molar refractivity (Wildman–Crippen MR) is 88.6 cm³/mol. The molecule has 0 aliphatic heterocycles. The molecule has 0 amide bonds. The van der Waals surface area contributed by atoms with E-state index in [1.807, 2.05) is 6.07 Å². The van der Waals surface area contributed by atoms with E-state index in [1.165, 1.54) is 22.3 Å². The molecule has 2 rings (SSSR count). The van der Waals surface area contributed by atoms with Gasteiger partial charge in [-0.25, -0.2) is 0 Å². The first-order valence-corrected chi connectivity index (χ1v) is 7.45. The van der Waals surface area contributed by atoms with Crippen LogP contribution in [-0.4, -0.2) is 18.3 Å². The lowest BCUT2D eigenvalue weighted by Crippen LogP contribution is -2.41. The average molecular weight is 283 g/mol. The second-order valence-corrected chi connectivity index (χ2v) is 6.06. The molecule has 0 aliphatic carbocycles. The largest absolute Gasteiger partial charge is 0.395 e. The Kier molecular flexibility index (Phi) is 4.81. The van der Waals surface area contributed by atoms with Gasteiger partial charge in [0, 0.05) is 12.0 Å². The highest BCUT2D eigenvalue weighted by atomic mass is 16.3. The maximum absolute atomic E-state index is 10.1. The Morgan fingerprint density at radius 3 is 2.14 bits per heavy atom. The topological polar surface area (TPSA) is 46.2 Å². The van der Waals surface area contributed by atoms with E-state index in [2.05, 4.69) is 57.2 Å². The minimum atomic E-state index is -0.414. The van der Waals surface area contributed by atoms with Crippen molar-refractivity contribution in [2.24, 2.45) is 5.73 Å². The molecule has 0 saturated carbocycles. The van der Waals surface area contributed by atoms with E-state index in [9.17, 15) is 5.11 Å². The van der Waals surface area contributed by atoms with E-state index in [0.29, 0.717) is 6.54 Å². The molecule has 1 unspecified atom stereocenters. The van der Waals surface area contributed by atoms with Gasteiger partial charge in [-0.05, 0) is 49.4 Å². The molecule has 0 spiro atoms. The van der Waals surface area contributed by atoms with Crippen LogP contribution in [0.4, 0.5) is 0 Å². The Bertz CT molecular complexity index is 594. The van der Waals surface area contributed by atoms with Crippen LogP contribution in [0, 0.1) is 20.8 Å². The van der Waals surface area contributed by atoms with E-state index < -0.39 is 5.41 Å². The Morgan fingerprint density at radius 1 is 1.00 bits per heavy atom. The minimum absolute atomic E-state index is 0.0563. The minimum Gasteiger partial charge on any atom is -0.395 e. The third-order valence-electron chi connectivity index (χ3n) is 4.48. The lowest BCUT2D eigenvalue weighted by molar-refractivity contribution is 0.195. The van der Waals surface area contributed by atoms with Crippen molar-refractivity contribution in [3.05, 3.63) is 70.3 Å². The van der Waals surface area contributed by atoms with Gasteiger partial charge in [-0.2, -0.15) is 0 Å². The molecule has 0 heterocycles. The van der Waals surface area contributed by atoms with Gasteiger partial charge in [0.05, 0.1) is 6.61 Å². The van der Waals surface area contributed by atoms with Crippen LogP contribution >= 0.6 is 0 Å². The summed E-state index contributed by atoms with van der Waals surface area (Å²) in [6, 6.07) is 14.6. The Morgan fingerprint density at radius 2 is 1.62 bits per heavy atom. The van der Waals surface area contributed by atoms with Gasteiger partial charge >= 0.3 is 0 Å². The summed E-state index contributed by atoms with van der Waals surface area (Å²) in [5.41, 5.74) is 11.8. The molecule has 3 N–H and O–H groups in total. The highest BCUT2D eigenvalue weighted by molar-refractivity contribution is 5.39. The van der Waals surface area contributed by atoms with Gasteiger partial charge in [-0.1, -0.05) is 48.0 Å². The summed E-state index contributed by atoms with van der Waals surface area (Å²) >= 11 is 0. The van der Waals surface area contributed by atoms with E-state index in [0.717, 1.165) is 12.0 Å². The standard InChI is InChI=1S/C19H25NO/c1-14-6-4-9-17(10-14)19(12-20,13-21)11-18-15(2)7-5-8-16(18)3/h4-10,21H,11-13,20H2,1-3H3. The average Bonchev–Trinajstić information content (AvgIpc) is 2.48. The Labute approximate surface area is 127 Å². The SMILES string of the molecule is Cc1cccc(C(CN)(CO)Cc2c(C)cccc2C)c1.